The van der Waals surface area contributed by atoms with Crippen LogP contribution in [0.25, 0.3) is 0 Å². The topological polar surface area (TPSA) is 52.7 Å². The van der Waals surface area contributed by atoms with Gasteiger partial charge >= 0.3 is 0 Å². The molecule has 1 N–H and O–H groups in total. The van der Waals surface area contributed by atoms with Gasteiger partial charge in [0.1, 0.15) is 0 Å². The van der Waals surface area contributed by atoms with Crippen LogP contribution >= 0.6 is 0 Å². The molecule has 0 aliphatic carbocycles. The molecule has 1 aromatic rings. The summed E-state index contributed by atoms with van der Waals surface area (Å²) in [5, 5.41) is 0. The van der Waals surface area contributed by atoms with Gasteiger partial charge in [-0.1, -0.05) is 30.3 Å². The molecule has 0 radical (unpaired) electrons. The zero-order valence-corrected chi connectivity index (χ0v) is 15.3. The molecule has 0 saturated carbocycles. The van der Waals surface area contributed by atoms with Crippen molar-refractivity contribution in [1.29, 1.82) is 0 Å². The summed E-state index contributed by atoms with van der Waals surface area (Å²) in [6.45, 7) is 6.57. The third-order valence-electron chi connectivity index (χ3n) is 5.10. The highest BCUT2D eigenvalue weighted by molar-refractivity contribution is 7.88. The predicted octanol–water partition coefficient (Wildman–Crippen LogP) is 1.52. The van der Waals surface area contributed by atoms with Crippen LogP contribution in [0.4, 0.5) is 0 Å². The van der Waals surface area contributed by atoms with Gasteiger partial charge in [-0.2, -0.15) is 0 Å². The van der Waals surface area contributed by atoms with Crippen molar-refractivity contribution in [3.63, 3.8) is 0 Å². The number of piperidine rings is 1. The first-order chi connectivity index (χ1) is 11.5. The van der Waals surface area contributed by atoms with Crippen molar-refractivity contribution in [3.8, 4) is 0 Å². The van der Waals surface area contributed by atoms with Crippen molar-refractivity contribution in [2.45, 2.75) is 31.8 Å². The summed E-state index contributed by atoms with van der Waals surface area (Å²) < 4.78 is 25.4. The van der Waals surface area contributed by atoms with E-state index in [9.17, 15) is 8.42 Å². The molecule has 6 heteroatoms. The number of nitrogens with zero attached hydrogens (tertiary/aromatic N) is 2. The van der Waals surface area contributed by atoms with E-state index in [1.54, 1.807) is 0 Å². The molecule has 5 nitrogen and oxygen atoms in total. The van der Waals surface area contributed by atoms with Gasteiger partial charge < -0.3 is 4.90 Å². The van der Waals surface area contributed by atoms with Crippen molar-refractivity contribution in [2.75, 3.05) is 39.0 Å². The Morgan fingerprint density at radius 3 is 2.38 bits per heavy atom. The fourth-order valence-corrected chi connectivity index (χ4v) is 4.79. The summed E-state index contributed by atoms with van der Waals surface area (Å²) >= 11 is 0. The summed E-state index contributed by atoms with van der Waals surface area (Å²) in [5.41, 5.74) is 1.39. The molecule has 1 aromatic carbocycles. The van der Waals surface area contributed by atoms with E-state index in [4.69, 9.17) is 0 Å². The summed E-state index contributed by atoms with van der Waals surface area (Å²) in [7, 11) is -3.08. The molecule has 2 heterocycles. The van der Waals surface area contributed by atoms with Crippen molar-refractivity contribution in [3.05, 3.63) is 35.9 Å². The summed E-state index contributed by atoms with van der Waals surface area (Å²) in [6, 6.07) is 10.8. The van der Waals surface area contributed by atoms with Crippen LogP contribution in [-0.4, -0.2) is 63.2 Å². The zero-order chi connectivity index (χ0) is 17.0. The van der Waals surface area contributed by atoms with Crippen LogP contribution < -0.4 is 4.72 Å². The highest BCUT2D eigenvalue weighted by atomic mass is 32.2. The standard InChI is InChI=1S/C18H29N3O2S/c1-24(22,23)19-18-8-11-20(12-9-18)14-17-7-10-21(15-17)13-16-5-3-2-4-6-16/h2-6,17-19H,7-15H2,1H3/t17-/m1/s1. The summed E-state index contributed by atoms with van der Waals surface area (Å²) in [6.07, 6.45) is 4.37. The van der Waals surface area contributed by atoms with E-state index in [1.165, 1.54) is 31.3 Å². The van der Waals surface area contributed by atoms with Gasteiger partial charge in [0.15, 0.2) is 0 Å². The molecule has 2 fully saturated rings. The third-order valence-corrected chi connectivity index (χ3v) is 5.87. The number of rotatable bonds is 6. The average Bonchev–Trinajstić information content (AvgIpc) is 2.96. The van der Waals surface area contributed by atoms with E-state index in [1.807, 2.05) is 0 Å². The van der Waals surface area contributed by atoms with Crippen LogP contribution in [0.2, 0.25) is 0 Å². The summed E-state index contributed by atoms with van der Waals surface area (Å²) in [5.74, 6) is 0.744. The van der Waals surface area contributed by atoms with E-state index in [0.717, 1.165) is 44.9 Å². The second kappa shape index (κ2) is 7.95. The lowest BCUT2D eigenvalue weighted by molar-refractivity contribution is 0.177. The Morgan fingerprint density at radius 1 is 1.04 bits per heavy atom. The maximum absolute atomic E-state index is 11.3. The minimum Gasteiger partial charge on any atom is -0.303 e. The van der Waals surface area contributed by atoms with E-state index in [0.29, 0.717) is 0 Å². The fraction of sp³-hybridized carbons (Fsp3) is 0.667. The fourth-order valence-electron chi connectivity index (χ4n) is 3.95. The lowest BCUT2D eigenvalue weighted by Gasteiger charge is -2.33. The largest absolute Gasteiger partial charge is 0.303 e. The number of hydrogen-bond donors (Lipinski definition) is 1. The molecule has 2 saturated heterocycles. The Labute approximate surface area is 146 Å². The number of benzene rings is 1. The first kappa shape index (κ1) is 17.9. The van der Waals surface area contributed by atoms with Crippen LogP contribution in [0.1, 0.15) is 24.8 Å². The van der Waals surface area contributed by atoms with Crippen LogP contribution in [0, 0.1) is 5.92 Å². The van der Waals surface area contributed by atoms with Crippen LogP contribution in [0.5, 0.6) is 0 Å². The van der Waals surface area contributed by atoms with Crippen LogP contribution in [-0.2, 0) is 16.6 Å². The van der Waals surface area contributed by atoms with Gasteiger partial charge in [0.05, 0.1) is 6.26 Å². The third kappa shape index (κ3) is 5.55. The Hall–Kier alpha value is -0.950. The number of hydrogen-bond acceptors (Lipinski definition) is 4. The monoisotopic (exact) mass is 351 g/mol. The van der Waals surface area contributed by atoms with Crippen LogP contribution in [0.3, 0.4) is 0 Å². The van der Waals surface area contributed by atoms with E-state index in [-0.39, 0.29) is 6.04 Å². The first-order valence-corrected chi connectivity index (χ1v) is 10.8. The Kier molecular flexibility index (Phi) is 5.92. The number of nitrogens with one attached hydrogen (secondary N) is 1. The van der Waals surface area contributed by atoms with Crippen molar-refractivity contribution in [1.82, 2.24) is 14.5 Å². The molecule has 2 aliphatic heterocycles. The van der Waals surface area contributed by atoms with Crippen molar-refractivity contribution in [2.24, 2.45) is 5.92 Å². The minimum atomic E-state index is -3.08. The smallest absolute Gasteiger partial charge is 0.208 e. The lowest BCUT2D eigenvalue weighted by atomic mass is 10.0. The second-order valence-corrected chi connectivity index (χ2v) is 9.12. The van der Waals surface area contributed by atoms with Gasteiger partial charge in [0, 0.05) is 25.7 Å². The number of sulfonamides is 1. The van der Waals surface area contributed by atoms with E-state index < -0.39 is 10.0 Å². The summed E-state index contributed by atoms with van der Waals surface area (Å²) in [4.78, 5) is 5.06. The zero-order valence-electron chi connectivity index (χ0n) is 14.5. The highest BCUT2D eigenvalue weighted by Crippen LogP contribution is 2.21. The molecule has 134 valence electrons. The Balaban J connectivity index is 1.39. The van der Waals surface area contributed by atoms with Gasteiger partial charge in [0.2, 0.25) is 10.0 Å². The quantitative estimate of drug-likeness (QED) is 0.844. The molecular formula is C18H29N3O2S. The van der Waals surface area contributed by atoms with Gasteiger partial charge in [-0.25, -0.2) is 13.1 Å². The molecule has 0 aromatic heterocycles. The first-order valence-electron chi connectivity index (χ1n) is 8.94. The molecule has 3 rings (SSSR count). The van der Waals surface area contributed by atoms with Gasteiger partial charge in [-0.15, -0.1) is 0 Å². The van der Waals surface area contributed by atoms with E-state index >= 15 is 0 Å². The Morgan fingerprint density at radius 2 is 1.71 bits per heavy atom. The normalized spacial score (nSPS) is 24.5. The molecule has 0 unspecified atom stereocenters. The second-order valence-electron chi connectivity index (χ2n) is 7.34. The highest BCUT2D eigenvalue weighted by Gasteiger charge is 2.27. The molecule has 0 bridgehead atoms. The molecular weight excluding hydrogens is 322 g/mol. The van der Waals surface area contributed by atoms with Gasteiger partial charge in [-0.3, -0.25) is 4.90 Å². The van der Waals surface area contributed by atoms with Crippen molar-refractivity contribution >= 4 is 10.0 Å². The van der Waals surface area contributed by atoms with Crippen LogP contribution in [0.15, 0.2) is 30.3 Å². The van der Waals surface area contributed by atoms with Crippen molar-refractivity contribution < 1.29 is 8.42 Å². The van der Waals surface area contributed by atoms with Gasteiger partial charge in [0.25, 0.3) is 0 Å². The lowest BCUT2D eigenvalue weighted by Crippen LogP contribution is -2.45. The molecule has 2 aliphatic rings. The molecule has 0 amide bonds. The predicted molar refractivity (Wildman–Crippen MR) is 97.3 cm³/mol. The molecule has 1 atom stereocenters. The molecule has 0 spiro atoms. The van der Waals surface area contributed by atoms with E-state index in [2.05, 4.69) is 44.9 Å². The Bertz CT molecular complexity index is 612. The van der Waals surface area contributed by atoms with Gasteiger partial charge in [-0.05, 0) is 50.4 Å². The maximum Gasteiger partial charge on any atom is 0.208 e. The average molecular weight is 352 g/mol. The molecule has 24 heavy (non-hydrogen) atoms. The SMILES string of the molecule is CS(=O)(=O)NC1CCN(C[C@H]2CCN(Cc3ccccc3)C2)CC1. The maximum atomic E-state index is 11.3. The number of likely N-dealkylation sites (tertiary alicyclic amines) is 2. The minimum absolute atomic E-state index is 0.120.